The molecule has 0 amide bonds. The Bertz CT molecular complexity index is 695. The first kappa shape index (κ1) is 12.7. The molecule has 6 heteroatoms. The van der Waals surface area contributed by atoms with Gasteiger partial charge in [0, 0.05) is 13.7 Å². The van der Waals surface area contributed by atoms with E-state index in [1.54, 1.807) is 18.1 Å². The fraction of sp³-hybridized carbons (Fsp3) is 0.286. The molecular weight excluding hydrogens is 254 g/mol. The maximum absolute atomic E-state index is 5.07. The highest BCUT2D eigenvalue weighted by atomic mass is 16.5. The van der Waals surface area contributed by atoms with Crippen molar-refractivity contribution in [3.8, 4) is 5.69 Å². The van der Waals surface area contributed by atoms with Gasteiger partial charge in [-0.25, -0.2) is 9.97 Å². The lowest BCUT2D eigenvalue weighted by Gasteiger charge is -2.02. The van der Waals surface area contributed by atoms with Gasteiger partial charge in [-0.15, -0.1) is 5.10 Å². The van der Waals surface area contributed by atoms with E-state index in [1.165, 1.54) is 0 Å². The fourth-order valence-electron chi connectivity index (χ4n) is 2.10. The summed E-state index contributed by atoms with van der Waals surface area (Å²) in [5.74, 6) is 0. The molecule has 0 saturated heterocycles. The molecule has 0 aliphatic carbocycles. The Morgan fingerprint density at radius 3 is 2.80 bits per heavy atom. The molecule has 2 aromatic heterocycles. The Morgan fingerprint density at radius 1 is 1.15 bits per heavy atom. The third-order valence-corrected chi connectivity index (χ3v) is 3.08. The lowest BCUT2D eigenvalue weighted by molar-refractivity contribution is 0.195. The number of aromatic nitrogens is 5. The lowest BCUT2D eigenvalue weighted by atomic mass is 10.2. The summed E-state index contributed by atoms with van der Waals surface area (Å²) in [6, 6.07) is 9.84. The largest absolute Gasteiger partial charge is 0.385 e. The normalized spacial score (nSPS) is 11.1. The third-order valence-electron chi connectivity index (χ3n) is 3.08. The van der Waals surface area contributed by atoms with Gasteiger partial charge in [-0.1, -0.05) is 23.4 Å². The van der Waals surface area contributed by atoms with Gasteiger partial charge in [0.25, 0.3) is 0 Å². The zero-order valence-corrected chi connectivity index (χ0v) is 11.2. The topological polar surface area (TPSA) is 65.7 Å². The summed E-state index contributed by atoms with van der Waals surface area (Å²) in [6.45, 7) is 0.707. The number of fused-ring (bicyclic) bond motifs is 1. The Labute approximate surface area is 116 Å². The summed E-state index contributed by atoms with van der Waals surface area (Å²) in [4.78, 5) is 8.61. The summed E-state index contributed by atoms with van der Waals surface area (Å²) < 4.78 is 6.80. The van der Waals surface area contributed by atoms with Crippen LogP contribution in [-0.2, 0) is 11.2 Å². The molecule has 102 valence electrons. The van der Waals surface area contributed by atoms with Crippen LogP contribution in [-0.4, -0.2) is 38.7 Å². The minimum absolute atomic E-state index is 0.707. The minimum Gasteiger partial charge on any atom is -0.385 e. The number of hydrogen-bond acceptors (Lipinski definition) is 5. The van der Waals surface area contributed by atoms with Crippen LogP contribution in [0.15, 0.2) is 36.7 Å². The van der Waals surface area contributed by atoms with Gasteiger partial charge in [-0.05, 0) is 25.0 Å². The molecule has 3 rings (SSSR count). The Hall–Kier alpha value is -2.34. The van der Waals surface area contributed by atoms with Crippen LogP contribution in [0.3, 0.4) is 0 Å². The van der Waals surface area contributed by atoms with Gasteiger partial charge in [0.2, 0.25) is 0 Å². The molecule has 20 heavy (non-hydrogen) atoms. The van der Waals surface area contributed by atoms with Gasteiger partial charge >= 0.3 is 0 Å². The van der Waals surface area contributed by atoms with Crippen LogP contribution >= 0.6 is 0 Å². The fourth-order valence-corrected chi connectivity index (χ4v) is 2.10. The summed E-state index contributed by atoms with van der Waals surface area (Å²) in [7, 11) is 1.70. The summed E-state index contributed by atoms with van der Waals surface area (Å²) in [5.41, 5.74) is 3.34. The number of aryl methyl sites for hydroxylation is 1. The van der Waals surface area contributed by atoms with E-state index in [4.69, 9.17) is 4.74 Å². The van der Waals surface area contributed by atoms with Crippen molar-refractivity contribution in [2.45, 2.75) is 12.8 Å². The molecule has 6 nitrogen and oxygen atoms in total. The highest BCUT2D eigenvalue weighted by molar-refractivity contribution is 5.73. The first-order valence-corrected chi connectivity index (χ1v) is 6.50. The lowest BCUT2D eigenvalue weighted by Crippen LogP contribution is -2.00. The van der Waals surface area contributed by atoms with Crippen molar-refractivity contribution >= 4 is 11.2 Å². The van der Waals surface area contributed by atoms with Crippen LogP contribution in [0.25, 0.3) is 16.9 Å². The molecular formula is C14H15N5O. The summed E-state index contributed by atoms with van der Waals surface area (Å²) in [6.07, 6.45) is 3.27. The molecule has 0 spiro atoms. The smallest absolute Gasteiger partial charge is 0.187 e. The van der Waals surface area contributed by atoms with Crippen molar-refractivity contribution in [2.24, 2.45) is 0 Å². The maximum atomic E-state index is 5.07. The van der Waals surface area contributed by atoms with Crippen molar-refractivity contribution in [2.75, 3.05) is 13.7 Å². The summed E-state index contributed by atoms with van der Waals surface area (Å²) in [5, 5.41) is 8.41. The average Bonchev–Trinajstić information content (AvgIpc) is 2.93. The predicted octanol–water partition coefficient (Wildman–Crippen LogP) is 1.79. The van der Waals surface area contributed by atoms with Crippen LogP contribution in [0.1, 0.15) is 12.1 Å². The quantitative estimate of drug-likeness (QED) is 0.661. The molecule has 0 atom stereocenters. The first-order valence-electron chi connectivity index (χ1n) is 6.50. The number of methoxy groups -OCH3 is 1. The number of hydrogen-bond donors (Lipinski definition) is 0. The van der Waals surface area contributed by atoms with Crippen LogP contribution < -0.4 is 0 Å². The van der Waals surface area contributed by atoms with E-state index in [1.807, 2.05) is 30.3 Å². The van der Waals surface area contributed by atoms with E-state index in [0.717, 1.165) is 35.4 Å². The number of para-hydroxylation sites is 1. The van der Waals surface area contributed by atoms with E-state index in [2.05, 4.69) is 20.3 Å². The standard InChI is InChI=1S/C14H15N5O/c1-20-9-5-8-12-13-14(16-10-15-12)19(18-17-13)11-6-3-2-4-7-11/h2-4,6-7,10H,5,8-9H2,1H3. The highest BCUT2D eigenvalue weighted by Crippen LogP contribution is 2.16. The molecule has 0 saturated carbocycles. The second kappa shape index (κ2) is 5.75. The molecule has 0 bridgehead atoms. The van der Waals surface area contributed by atoms with Gasteiger partial charge in [-0.3, -0.25) is 0 Å². The third kappa shape index (κ3) is 2.37. The minimum atomic E-state index is 0.707. The second-order valence-electron chi connectivity index (χ2n) is 4.43. The molecule has 0 radical (unpaired) electrons. The van der Waals surface area contributed by atoms with Gasteiger partial charge in [0.15, 0.2) is 11.2 Å². The SMILES string of the molecule is COCCCc1ncnc2c1nnn2-c1ccccc1. The van der Waals surface area contributed by atoms with Gasteiger partial charge in [-0.2, -0.15) is 4.68 Å². The average molecular weight is 269 g/mol. The van der Waals surface area contributed by atoms with Crippen molar-refractivity contribution < 1.29 is 4.74 Å². The van der Waals surface area contributed by atoms with Crippen LogP contribution in [0, 0.1) is 0 Å². The van der Waals surface area contributed by atoms with Gasteiger partial charge in [0.1, 0.15) is 6.33 Å². The molecule has 0 N–H and O–H groups in total. The Balaban J connectivity index is 1.99. The van der Waals surface area contributed by atoms with Crippen molar-refractivity contribution in [3.63, 3.8) is 0 Å². The van der Waals surface area contributed by atoms with Crippen LogP contribution in [0.5, 0.6) is 0 Å². The first-order chi connectivity index (χ1) is 9.90. The maximum Gasteiger partial charge on any atom is 0.187 e. The van der Waals surface area contributed by atoms with Crippen LogP contribution in [0.4, 0.5) is 0 Å². The summed E-state index contributed by atoms with van der Waals surface area (Å²) >= 11 is 0. The van der Waals surface area contributed by atoms with Crippen molar-refractivity contribution in [3.05, 3.63) is 42.4 Å². The predicted molar refractivity (Wildman–Crippen MR) is 74.7 cm³/mol. The van der Waals surface area contributed by atoms with E-state index < -0.39 is 0 Å². The number of rotatable bonds is 5. The zero-order chi connectivity index (χ0) is 13.8. The zero-order valence-electron chi connectivity index (χ0n) is 11.2. The molecule has 1 aromatic carbocycles. The van der Waals surface area contributed by atoms with Crippen molar-refractivity contribution in [1.29, 1.82) is 0 Å². The monoisotopic (exact) mass is 269 g/mol. The highest BCUT2D eigenvalue weighted by Gasteiger charge is 2.12. The molecule has 3 aromatic rings. The Kier molecular flexibility index (Phi) is 3.64. The van der Waals surface area contributed by atoms with Crippen molar-refractivity contribution in [1.82, 2.24) is 25.0 Å². The number of benzene rings is 1. The molecule has 2 heterocycles. The molecule has 0 unspecified atom stereocenters. The van der Waals surface area contributed by atoms with E-state index in [9.17, 15) is 0 Å². The number of ether oxygens (including phenoxy) is 1. The van der Waals surface area contributed by atoms with Crippen LogP contribution in [0.2, 0.25) is 0 Å². The van der Waals surface area contributed by atoms with Gasteiger partial charge < -0.3 is 4.74 Å². The van der Waals surface area contributed by atoms with E-state index in [-0.39, 0.29) is 0 Å². The van der Waals surface area contributed by atoms with E-state index >= 15 is 0 Å². The van der Waals surface area contributed by atoms with E-state index in [0.29, 0.717) is 6.61 Å². The molecule has 0 aliphatic rings. The Morgan fingerprint density at radius 2 is 2.00 bits per heavy atom. The molecule has 0 aliphatic heterocycles. The van der Waals surface area contributed by atoms with Gasteiger partial charge in [0.05, 0.1) is 11.4 Å². The number of nitrogens with zero attached hydrogens (tertiary/aromatic N) is 5. The molecule has 0 fully saturated rings. The second-order valence-corrected chi connectivity index (χ2v) is 4.43.